The van der Waals surface area contributed by atoms with E-state index in [4.69, 9.17) is 5.73 Å². The molecule has 0 aliphatic carbocycles. The molecule has 0 aliphatic rings. The largest absolute Gasteiger partial charge is 0.390 e. The molecule has 2 unspecified atom stereocenters. The highest BCUT2D eigenvalue weighted by Gasteiger charge is 2.20. The molecule has 0 radical (unpaired) electrons. The lowest BCUT2D eigenvalue weighted by molar-refractivity contribution is 0.0154. The highest BCUT2D eigenvalue weighted by Crippen LogP contribution is 2.28. The third kappa shape index (κ3) is 3.57. The first-order chi connectivity index (χ1) is 9.72. The second-order valence-corrected chi connectivity index (χ2v) is 4.67. The van der Waals surface area contributed by atoms with Gasteiger partial charge in [0.2, 0.25) is 0 Å². The maximum absolute atomic E-state index is 10.2. The molecule has 106 valence electrons. The number of hydrogen-bond donors (Lipinski definition) is 4. The second-order valence-electron chi connectivity index (χ2n) is 4.67. The fraction of sp³-hybridized carbons (Fsp3) is 0.250. The van der Waals surface area contributed by atoms with Crippen molar-refractivity contribution in [3.63, 3.8) is 0 Å². The summed E-state index contributed by atoms with van der Waals surface area (Å²) in [6.45, 7) is 0.340. The summed E-state index contributed by atoms with van der Waals surface area (Å²) in [6.07, 6.45) is -1.45. The Morgan fingerprint density at radius 3 is 2.30 bits per heavy atom. The molecular weight excluding hydrogens is 252 g/mol. The van der Waals surface area contributed by atoms with E-state index in [-0.39, 0.29) is 0 Å². The highest BCUT2D eigenvalue weighted by molar-refractivity contribution is 5.63. The molecule has 0 amide bonds. The molecule has 2 atom stereocenters. The highest BCUT2D eigenvalue weighted by atomic mass is 16.3. The molecule has 0 aliphatic heterocycles. The molecule has 2 rings (SSSR count). The molecule has 0 spiro atoms. The summed E-state index contributed by atoms with van der Waals surface area (Å²) in [5.74, 6) is 0. The lowest BCUT2D eigenvalue weighted by Gasteiger charge is -2.21. The van der Waals surface area contributed by atoms with E-state index < -0.39 is 12.2 Å². The van der Waals surface area contributed by atoms with E-state index in [9.17, 15) is 10.2 Å². The molecule has 5 N–H and O–H groups in total. The van der Waals surface area contributed by atoms with Gasteiger partial charge in [-0.25, -0.2) is 0 Å². The fourth-order valence-electron chi connectivity index (χ4n) is 2.08. The van der Waals surface area contributed by atoms with Crippen LogP contribution in [0.25, 0.3) is 0 Å². The van der Waals surface area contributed by atoms with E-state index in [0.717, 1.165) is 11.4 Å². The third-order valence-corrected chi connectivity index (χ3v) is 3.16. The van der Waals surface area contributed by atoms with Gasteiger partial charge in [-0.3, -0.25) is 0 Å². The molecule has 2 aromatic carbocycles. The number of nitrogens with two attached hydrogens (primary N) is 1. The molecule has 0 heterocycles. The van der Waals surface area contributed by atoms with Crippen molar-refractivity contribution in [2.45, 2.75) is 18.6 Å². The van der Waals surface area contributed by atoms with Crippen LogP contribution < -0.4 is 11.1 Å². The molecule has 0 bridgehead atoms. The smallest absolute Gasteiger partial charge is 0.107 e. The van der Waals surface area contributed by atoms with E-state index >= 15 is 0 Å². The summed E-state index contributed by atoms with van der Waals surface area (Å²) < 4.78 is 0. The molecule has 2 aromatic rings. The Hall–Kier alpha value is -1.88. The van der Waals surface area contributed by atoms with Gasteiger partial charge >= 0.3 is 0 Å². The minimum Gasteiger partial charge on any atom is -0.390 e. The van der Waals surface area contributed by atoms with Crippen LogP contribution in [0, 0.1) is 0 Å². The van der Waals surface area contributed by atoms with Gasteiger partial charge in [-0.15, -0.1) is 0 Å². The summed E-state index contributed by atoms with van der Waals surface area (Å²) in [6, 6.07) is 17.1. The quantitative estimate of drug-likeness (QED) is 0.650. The molecular formula is C16H20N2O2. The predicted octanol–water partition coefficient (Wildman–Crippen LogP) is 2.17. The maximum Gasteiger partial charge on any atom is 0.107 e. The van der Waals surface area contributed by atoms with Crippen molar-refractivity contribution >= 4 is 11.4 Å². The molecule has 4 nitrogen and oxygen atoms in total. The van der Waals surface area contributed by atoms with E-state index in [1.807, 2.05) is 48.5 Å². The maximum atomic E-state index is 10.2. The number of hydrogen-bond acceptors (Lipinski definition) is 4. The van der Waals surface area contributed by atoms with Crippen LogP contribution in [-0.4, -0.2) is 22.9 Å². The lowest BCUT2D eigenvalue weighted by Crippen LogP contribution is -2.22. The van der Waals surface area contributed by atoms with E-state index in [1.165, 1.54) is 0 Å². The first-order valence-corrected chi connectivity index (χ1v) is 6.69. The monoisotopic (exact) mass is 272 g/mol. The van der Waals surface area contributed by atoms with Crippen molar-refractivity contribution in [3.8, 4) is 0 Å². The van der Waals surface area contributed by atoms with Gasteiger partial charge in [-0.2, -0.15) is 0 Å². The van der Waals surface area contributed by atoms with Crippen LogP contribution >= 0.6 is 0 Å². The van der Waals surface area contributed by atoms with Gasteiger partial charge in [0.25, 0.3) is 0 Å². The minimum absolute atomic E-state index is 0.340. The number of benzene rings is 2. The Bertz CT molecular complexity index is 531. The summed E-state index contributed by atoms with van der Waals surface area (Å²) in [7, 11) is 0. The van der Waals surface area contributed by atoms with Crippen LogP contribution in [0.5, 0.6) is 0 Å². The van der Waals surface area contributed by atoms with Crippen LogP contribution in [0.4, 0.5) is 11.4 Å². The third-order valence-electron chi connectivity index (χ3n) is 3.16. The summed E-state index contributed by atoms with van der Waals surface area (Å²) in [5, 5.41) is 23.4. The van der Waals surface area contributed by atoms with Crippen LogP contribution in [0.2, 0.25) is 0 Å². The summed E-state index contributed by atoms with van der Waals surface area (Å²) in [5.41, 5.74) is 7.80. The first-order valence-electron chi connectivity index (χ1n) is 6.69. The minimum atomic E-state index is -0.953. The van der Waals surface area contributed by atoms with Gasteiger partial charge in [0, 0.05) is 16.9 Å². The number of rotatable bonds is 6. The van der Waals surface area contributed by atoms with Gasteiger partial charge in [-0.1, -0.05) is 36.4 Å². The van der Waals surface area contributed by atoms with Gasteiger partial charge in [-0.05, 0) is 31.2 Å². The Morgan fingerprint density at radius 2 is 1.60 bits per heavy atom. The van der Waals surface area contributed by atoms with Crippen LogP contribution in [-0.2, 0) is 0 Å². The zero-order chi connectivity index (χ0) is 14.4. The van der Waals surface area contributed by atoms with Crippen LogP contribution in [0.15, 0.2) is 54.6 Å². The van der Waals surface area contributed by atoms with Crippen molar-refractivity contribution in [2.75, 3.05) is 11.9 Å². The zero-order valence-electron chi connectivity index (χ0n) is 11.2. The van der Waals surface area contributed by atoms with Gasteiger partial charge < -0.3 is 21.3 Å². The Kier molecular flexibility index (Phi) is 5.12. The lowest BCUT2D eigenvalue weighted by atomic mass is 10.00. The Balaban J connectivity index is 2.22. The molecule has 0 fully saturated rings. The number of aliphatic hydroxyl groups excluding tert-OH is 2. The van der Waals surface area contributed by atoms with Crippen molar-refractivity contribution in [1.29, 1.82) is 0 Å². The predicted molar refractivity (Wildman–Crippen MR) is 80.8 cm³/mol. The standard InChI is InChI=1S/C16H20N2O2/c17-11-10-15(19)16(20)13-8-4-5-9-14(13)18-12-6-2-1-3-7-12/h1-9,15-16,18-20H,10-11,17H2. The van der Waals surface area contributed by atoms with Crippen LogP contribution in [0.3, 0.4) is 0 Å². The number of nitrogens with one attached hydrogen (secondary N) is 1. The van der Waals surface area contributed by atoms with Gasteiger partial charge in [0.1, 0.15) is 6.10 Å². The average molecular weight is 272 g/mol. The number of aliphatic hydroxyl groups is 2. The zero-order valence-corrected chi connectivity index (χ0v) is 11.2. The SMILES string of the molecule is NCCC(O)C(O)c1ccccc1Nc1ccccc1. The normalized spacial score (nSPS) is 13.8. The molecule has 20 heavy (non-hydrogen) atoms. The molecule has 0 saturated carbocycles. The van der Waals surface area contributed by atoms with Crippen molar-refractivity contribution < 1.29 is 10.2 Å². The molecule has 0 saturated heterocycles. The fourth-order valence-corrected chi connectivity index (χ4v) is 2.08. The number of para-hydroxylation sites is 2. The molecule has 4 heteroatoms. The Morgan fingerprint density at radius 1 is 0.950 bits per heavy atom. The van der Waals surface area contributed by atoms with Crippen LogP contribution in [0.1, 0.15) is 18.1 Å². The average Bonchev–Trinajstić information content (AvgIpc) is 2.48. The topological polar surface area (TPSA) is 78.5 Å². The first kappa shape index (κ1) is 14.5. The van der Waals surface area contributed by atoms with Crippen molar-refractivity contribution in [3.05, 3.63) is 60.2 Å². The van der Waals surface area contributed by atoms with Crippen molar-refractivity contribution in [1.82, 2.24) is 0 Å². The van der Waals surface area contributed by atoms with E-state index in [1.54, 1.807) is 6.07 Å². The Labute approximate surface area is 118 Å². The van der Waals surface area contributed by atoms with E-state index in [2.05, 4.69) is 5.32 Å². The summed E-state index contributed by atoms with van der Waals surface area (Å²) in [4.78, 5) is 0. The second kappa shape index (κ2) is 7.05. The molecule has 0 aromatic heterocycles. The summed E-state index contributed by atoms with van der Waals surface area (Å²) >= 11 is 0. The number of anilines is 2. The van der Waals surface area contributed by atoms with Gasteiger partial charge in [0.05, 0.1) is 6.10 Å². The van der Waals surface area contributed by atoms with Crippen molar-refractivity contribution in [2.24, 2.45) is 5.73 Å². The van der Waals surface area contributed by atoms with Gasteiger partial charge in [0.15, 0.2) is 0 Å². The van der Waals surface area contributed by atoms with E-state index in [0.29, 0.717) is 18.5 Å².